The van der Waals surface area contributed by atoms with Crippen LogP contribution in [0.5, 0.6) is 5.75 Å². The first-order valence-corrected chi connectivity index (χ1v) is 10.9. The molecule has 3 unspecified atom stereocenters. The molecule has 1 rings (SSSR count). The number of aromatic hydroxyl groups is 1. The second-order valence-corrected chi connectivity index (χ2v) is 8.16. The van der Waals surface area contributed by atoms with Gasteiger partial charge in [-0.05, 0) is 49.4 Å². The molecule has 0 saturated heterocycles. The second-order valence-electron chi connectivity index (χ2n) is 8.16. The number of amides is 3. The normalized spacial score (nSPS) is 13.6. The van der Waals surface area contributed by atoms with Gasteiger partial charge in [0.1, 0.15) is 17.8 Å². The Labute approximate surface area is 193 Å². The Morgan fingerprint density at radius 3 is 2.15 bits per heavy atom. The lowest BCUT2D eigenvalue weighted by molar-refractivity contribution is -0.141. The molecule has 9 N–H and O–H groups in total. The number of carboxylic acids is 1. The van der Waals surface area contributed by atoms with Crippen LogP contribution in [0.4, 0.5) is 0 Å². The van der Waals surface area contributed by atoms with Crippen LogP contribution in [-0.4, -0.2) is 65.1 Å². The predicted molar refractivity (Wildman–Crippen MR) is 122 cm³/mol. The van der Waals surface area contributed by atoms with Gasteiger partial charge in [-0.2, -0.15) is 0 Å². The number of carbonyl (C=O) groups is 4. The molecule has 1 aromatic rings. The van der Waals surface area contributed by atoms with Crippen molar-refractivity contribution in [1.82, 2.24) is 16.0 Å². The summed E-state index contributed by atoms with van der Waals surface area (Å²) < 4.78 is 0. The lowest BCUT2D eigenvalue weighted by Crippen LogP contribution is -2.54. The number of rotatable bonds is 14. The summed E-state index contributed by atoms with van der Waals surface area (Å²) in [5.74, 6) is -3.05. The van der Waals surface area contributed by atoms with Crippen LogP contribution in [0.25, 0.3) is 0 Å². The van der Waals surface area contributed by atoms with Gasteiger partial charge < -0.3 is 37.6 Å². The number of unbranched alkanes of at least 4 members (excludes halogenated alkanes) is 1. The minimum atomic E-state index is -1.24. The molecule has 0 radical (unpaired) electrons. The second kappa shape index (κ2) is 14.1. The largest absolute Gasteiger partial charge is 0.508 e. The number of nitrogens with one attached hydrogen (secondary N) is 3. The summed E-state index contributed by atoms with van der Waals surface area (Å²) in [5.41, 5.74) is 11.9. The van der Waals surface area contributed by atoms with E-state index in [1.54, 1.807) is 26.0 Å². The quantitative estimate of drug-likeness (QED) is 0.174. The lowest BCUT2D eigenvalue weighted by atomic mass is 10.0. The maximum atomic E-state index is 12.6. The van der Waals surface area contributed by atoms with Crippen molar-refractivity contribution in [3.63, 3.8) is 0 Å². The number of hydrogen-bond donors (Lipinski definition) is 7. The fraction of sp³-hybridized carbons (Fsp3) is 0.545. The van der Waals surface area contributed by atoms with Gasteiger partial charge >= 0.3 is 5.97 Å². The van der Waals surface area contributed by atoms with E-state index in [0.29, 0.717) is 31.4 Å². The topological polar surface area (TPSA) is 197 Å². The monoisotopic (exact) mass is 465 g/mol. The maximum absolute atomic E-state index is 12.6. The molecule has 184 valence electrons. The molecule has 0 aliphatic carbocycles. The Morgan fingerprint density at radius 1 is 0.970 bits per heavy atom. The van der Waals surface area contributed by atoms with Gasteiger partial charge in [0.2, 0.25) is 17.7 Å². The Hall–Kier alpha value is -3.18. The van der Waals surface area contributed by atoms with Crippen LogP contribution in [0.15, 0.2) is 24.3 Å². The summed E-state index contributed by atoms with van der Waals surface area (Å²) in [5, 5.41) is 26.1. The van der Waals surface area contributed by atoms with E-state index in [2.05, 4.69) is 16.0 Å². The Bertz CT molecular complexity index is 799. The van der Waals surface area contributed by atoms with E-state index in [1.165, 1.54) is 12.1 Å². The smallest absolute Gasteiger partial charge is 0.326 e. The molecule has 0 heterocycles. The van der Waals surface area contributed by atoms with E-state index in [4.69, 9.17) is 11.5 Å². The zero-order valence-electron chi connectivity index (χ0n) is 19.0. The highest BCUT2D eigenvalue weighted by atomic mass is 16.4. The van der Waals surface area contributed by atoms with E-state index in [-0.39, 0.29) is 18.1 Å². The predicted octanol–water partition coefficient (Wildman–Crippen LogP) is -0.783. The number of carboxylic acid groups (broad SMARTS) is 1. The number of phenolic OH excluding ortho intramolecular Hbond substituents is 1. The molecule has 3 amide bonds. The van der Waals surface area contributed by atoms with E-state index < -0.39 is 48.4 Å². The highest BCUT2D eigenvalue weighted by Crippen LogP contribution is 2.11. The average Bonchev–Trinajstić information content (AvgIpc) is 2.77. The van der Waals surface area contributed by atoms with Crippen LogP contribution in [0, 0.1) is 5.92 Å². The van der Waals surface area contributed by atoms with Gasteiger partial charge in [-0.15, -0.1) is 0 Å². The molecule has 0 aliphatic heterocycles. The van der Waals surface area contributed by atoms with Crippen LogP contribution in [0.1, 0.15) is 38.7 Å². The molecule has 0 spiro atoms. The number of benzene rings is 1. The van der Waals surface area contributed by atoms with E-state index in [1.807, 2.05) is 0 Å². The molecular formula is C22H35N5O6. The molecule has 0 saturated carbocycles. The van der Waals surface area contributed by atoms with Crippen LogP contribution in [0.3, 0.4) is 0 Å². The van der Waals surface area contributed by atoms with Gasteiger partial charge in [0, 0.05) is 6.42 Å². The van der Waals surface area contributed by atoms with Crippen molar-refractivity contribution in [2.24, 2.45) is 17.4 Å². The highest BCUT2D eigenvalue weighted by Gasteiger charge is 2.26. The molecule has 33 heavy (non-hydrogen) atoms. The van der Waals surface area contributed by atoms with Gasteiger partial charge in [0.05, 0.1) is 12.6 Å². The number of hydrogen-bond acceptors (Lipinski definition) is 7. The Kier molecular flexibility index (Phi) is 11.9. The van der Waals surface area contributed by atoms with Gasteiger partial charge in [-0.25, -0.2) is 4.79 Å². The van der Waals surface area contributed by atoms with Gasteiger partial charge in [0.25, 0.3) is 0 Å². The van der Waals surface area contributed by atoms with Crippen molar-refractivity contribution in [1.29, 1.82) is 0 Å². The zero-order valence-corrected chi connectivity index (χ0v) is 19.0. The van der Waals surface area contributed by atoms with Crippen molar-refractivity contribution in [2.45, 2.75) is 57.7 Å². The van der Waals surface area contributed by atoms with Crippen molar-refractivity contribution in [3.05, 3.63) is 29.8 Å². The molecule has 11 nitrogen and oxygen atoms in total. The molecule has 0 bridgehead atoms. The number of carbonyl (C=O) groups excluding carboxylic acids is 3. The molecule has 1 aromatic carbocycles. The van der Waals surface area contributed by atoms with Crippen molar-refractivity contribution in [2.75, 3.05) is 13.1 Å². The first-order chi connectivity index (χ1) is 15.5. The van der Waals surface area contributed by atoms with E-state index in [9.17, 15) is 29.4 Å². The molecule has 3 atom stereocenters. The number of phenols is 1. The molecule has 0 fully saturated rings. The highest BCUT2D eigenvalue weighted by molar-refractivity contribution is 5.92. The Balaban J connectivity index is 2.68. The third-order valence-corrected chi connectivity index (χ3v) is 5.03. The summed E-state index contributed by atoms with van der Waals surface area (Å²) in [6.45, 7) is 3.55. The maximum Gasteiger partial charge on any atom is 0.326 e. The van der Waals surface area contributed by atoms with Crippen molar-refractivity contribution < 1.29 is 29.4 Å². The van der Waals surface area contributed by atoms with Crippen LogP contribution in [0.2, 0.25) is 0 Å². The average molecular weight is 466 g/mol. The summed E-state index contributed by atoms with van der Waals surface area (Å²) in [6, 6.07) is 3.04. The SMILES string of the molecule is CC(C)C(N)C(=O)NC(CCCCN)C(=O)NCC(=O)NC(Cc1ccc(O)cc1)C(=O)O. The molecule has 11 heteroatoms. The van der Waals surface area contributed by atoms with Crippen molar-refractivity contribution >= 4 is 23.7 Å². The fourth-order valence-electron chi connectivity index (χ4n) is 2.94. The van der Waals surface area contributed by atoms with Crippen LogP contribution >= 0.6 is 0 Å². The summed E-state index contributed by atoms with van der Waals surface area (Å²) in [7, 11) is 0. The number of aliphatic carboxylic acids is 1. The van der Waals surface area contributed by atoms with E-state index in [0.717, 1.165) is 0 Å². The first kappa shape index (κ1) is 27.9. The Morgan fingerprint density at radius 2 is 1.61 bits per heavy atom. The number of nitrogens with two attached hydrogens (primary N) is 2. The standard InChI is InChI=1S/C22H35N5O6/c1-13(2)19(24)21(31)27-16(5-3-4-10-23)20(30)25-12-18(29)26-17(22(32)33)11-14-6-8-15(28)9-7-14/h6-9,13,16-17,19,28H,3-5,10-12,23-24H2,1-2H3,(H,25,30)(H,26,29)(H,27,31)(H,32,33). The third-order valence-electron chi connectivity index (χ3n) is 5.03. The fourth-order valence-corrected chi connectivity index (χ4v) is 2.94. The summed E-state index contributed by atoms with van der Waals surface area (Å²) >= 11 is 0. The molecule has 0 aromatic heterocycles. The summed E-state index contributed by atoms with van der Waals surface area (Å²) in [4.78, 5) is 48.7. The van der Waals surface area contributed by atoms with Crippen LogP contribution < -0.4 is 27.4 Å². The minimum Gasteiger partial charge on any atom is -0.508 e. The third kappa shape index (κ3) is 10.3. The van der Waals surface area contributed by atoms with Gasteiger partial charge in [0.15, 0.2) is 0 Å². The van der Waals surface area contributed by atoms with E-state index >= 15 is 0 Å². The zero-order chi connectivity index (χ0) is 25.0. The van der Waals surface area contributed by atoms with Crippen LogP contribution in [-0.2, 0) is 25.6 Å². The van der Waals surface area contributed by atoms with Crippen molar-refractivity contribution in [3.8, 4) is 5.75 Å². The molecular weight excluding hydrogens is 430 g/mol. The first-order valence-electron chi connectivity index (χ1n) is 10.9. The van der Waals surface area contributed by atoms with Gasteiger partial charge in [-0.3, -0.25) is 14.4 Å². The lowest BCUT2D eigenvalue weighted by Gasteiger charge is -2.22. The molecule has 0 aliphatic rings. The van der Waals surface area contributed by atoms with Gasteiger partial charge in [-0.1, -0.05) is 26.0 Å². The summed E-state index contributed by atoms with van der Waals surface area (Å²) in [6.07, 6.45) is 1.57. The minimum absolute atomic E-state index is 0.000160.